The Hall–Kier alpha value is -2.27. The number of para-hydroxylation sites is 1. The minimum Gasteiger partial charge on any atom is -0.454 e. The van der Waals surface area contributed by atoms with E-state index in [9.17, 15) is 0 Å². The highest BCUT2D eigenvalue weighted by Crippen LogP contribution is 2.28. The van der Waals surface area contributed by atoms with Gasteiger partial charge in [0.2, 0.25) is 0 Å². The number of hydrogen-bond acceptors (Lipinski definition) is 4. The normalized spacial score (nSPS) is 11.3. The number of hydrogen-bond donors (Lipinski definition) is 2. The van der Waals surface area contributed by atoms with Crippen molar-refractivity contribution in [2.24, 2.45) is 10.9 Å². The lowest BCUT2D eigenvalue weighted by Gasteiger charge is -2.07. The Morgan fingerprint density at radius 2 is 2.06 bits per heavy atom. The molecule has 18 heavy (non-hydrogen) atoms. The summed E-state index contributed by atoms with van der Waals surface area (Å²) in [7, 11) is 0. The molecule has 0 atom stereocenters. The summed E-state index contributed by atoms with van der Waals surface area (Å²) in [5, 5.41) is 11.9. The number of nitrogens with zero attached hydrogens (tertiary/aromatic N) is 2. The first kappa shape index (κ1) is 12.2. The van der Waals surface area contributed by atoms with Gasteiger partial charge in [0.1, 0.15) is 17.2 Å². The average molecular weight is 264 g/mol. The fraction of sp³-hybridized carbons (Fsp3) is 0. The maximum absolute atomic E-state index is 8.50. The molecule has 1 aromatic heterocycles. The highest BCUT2D eigenvalue weighted by Gasteiger charge is 2.04. The maximum atomic E-state index is 8.50. The summed E-state index contributed by atoms with van der Waals surface area (Å²) >= 11 is 5.96. The summed E-state index contributed by atoms with van der Waals surface area (Å²) in [5.41, 5.74) is 5.76. The van der Waals surface area contributed by atoms with Crippen LogP contribution in [0.2, 0.25) is 5.02 Å². The zero-order chi connectivity index (χ0) is 13.0. The third kappa shape index (κ3) is 2.70. The van der Waals surface area contributed by atoms with Crippen molar-refractivity contribution in [1.29, 1.82) is 0 Å². The summed E-state index contributed by atoms with van der Waals surface area (Å²) < 4.78 is 5.54. The molecule has 2 aromatic rings. The number of oxime groups is 1. The van der Waals surface area contributed by atoms with Crippen molar-refractivity contribution in [1.82, 2.24) is 4.98 Å². The highest BCUT2D eigenvalue weighted by molar-refractivity contribution is 6.32. The molecular weight excluding hydrogens is 254 g/mol. The second kappa shape index (κ2) is 5.37. The Kier molecular flexibility index (Phi) is 3.64. The molecule has 0 aliphatic carbocycles. The van der Waals surface area contributed by atoms with Gasteiger partial charge in [-0.1, -0.05) is 28.9 Å². The van der Waals surface area contributed by atoms with Crippen LogP contribution in [-0.2, 0) is 0 Å². The van der Waals surface area contributed by atoms with Crippen LogP contribution < -0.4 is 10.5 Å². The Balaban J connectivity index is 2.19. The number of ether oxygens (including phenoxy) is 1. The number of amidine groups is 1. The van der Waals surface area contributed by atoms with Crippen LogP contribution in [0.4, 0.5) is 0 Å². The van der Waals surface area contributed by atoms with E-state index in [4.69, 9.17) is 27.3 Å². The number of aromatic nitrogens is 1. The molecule has 1 heterocycles. The molecule has 5 nitrogen and oxygen atoms in total. The highest BCUT2D eigenvalue weighted by atomic mass is 35.5. The average Bonchev–Trinajstić information content (AvgIpc) is 2.41. The maximum Gasteiger partial charge on any atom is 0.188 e. The molecule has 0 aliphatic heterocycles. The van der Waals surface area contributed by atoms with E-state index in [1.54, 1.807) is 24.3 Å². The van der Waals surface area contributed by atoms with Crippen molar-refractivity contribution in [3.05, 3.63) is 53.3 Å². The third-order valence-corrected chi connectivity index (χ3v) is 2.48. The summed E-state index contributed by atoms with van der Waals surface area (Å²) in [6.07, 6.45) is 1.47. The molecule has 0 bridgehead atoms. The second-order valence-electron chi connectivity index (χ2n) is 3.40. The molecule has 0 unspecified atom stereocenters. The van der Waals surface area contributed by atoms with Gasteiger partial charge >= 0.3 is 0 Å². The molecule has 0 radical (unpaired) electrons. The van der Waals surface area contributed by atoms with Gasteiger partial charge in [0.15, 0.2) is 5.84 Å². The van der Waals surface area contributed by atoms with E-state index < -0.39 is 0 Å². The van der Waals surface area contributed by atoms with Crippen LogP contribution in [0.25, 0.3) is 0 Å². The predicted octanol–water partition coefficient (Wildman–Crippen LogP) is 2.62. The minimum atomic E-state index is -0.0562. The van der Waals surface area contributed by atoms with E-state index in [0.717, 1.165) is 0 Å². The molecule has 3 N–H and O–H groups in total. The smallest absolute Gasteiger partial charge is 0.188 e. The van der Waals surface area contributed by atoms with Gasteiger partial charge in [-0.05, 0) is 24.3 Å². The van der Waals surface area contributed by atoms with Crippen molar-refractivity contribution in [2.45, 2.75) is 0 Å². The van der Waals surface area contributed by atoms with Gasteiger partial charge in [-0.3, -0.25) is 0 Å². The van der Waals surface area contributed by atoms with Gasteiger partial charge in [0.25, 0.3) is 0 Å². The van der Waals surface area contributed by atoms with Crippen LogP contribution in [0.3, 0.4) is 0 Å². The zero-order valence-electron chi connectivity index (χ0n) is 9.25. The van der Waals surface area contributed by atoms with E-state index in [1.165, 1.54) is 6.20 Å². The first-order valence-electron chi connectivity index (χ1n) is 5.07. The van der Waals surface area contributed by atoms with E-state index >= 15 is 0 Å². The molecule has 0 amide bonds. The number of halogens is 1. The molecule has 92 valence electrons. The predicted molar refractivity (Wildman–Crippen MR) is 68.3 cm³/mol. The fourth-order valence-electron chi connectivity index (χ4n) is 1.30. The second-order valence-corrected chi connectivity index (χ2v) is 3.80. The first-order valence-corrected chi connectivity index (χ1v) is 5.45. The molecule has 2 rings (SSSR count). The largest absolute Gasteiger partial charge is 0.454 e. The topological polar surface area (TPSA) is 80.7 Å². The molecular formula is C12H10ClN3O2. The van der Waals surface area contributed by atoms with Gasteiger partial charge in [0, 0.05) is 0 Å². The standard InChI is InChI=1S/C12H10ClN3O2/c13-9-3-1-2-4-11(9)18-8-5-6-10(15-7-8)12(14)16-17/h1-7,17H,(H2,14,16). The van der Waals surface area contributed by atoms with Crippen LogP contribution >= 0.6 is 11.6 Å². The van der Waals surface area contributed by atoms with Gasteiger partial charge in [-0.2, -0.15) is 0 Å². The van der Waals surface area contributed by atoms with Crippen LogP contribution in [0.5, 0.6) is 11.5 Å². The number of rotatable bonds is 3. The van der Waals surface area contributed by atoms with Crippen LogP contribution in [0, 0.1) is 0 Å². The van der Waals surface area contributed by atoms with Gasteiger partial charge in [-0.25, -0.2) is 4.98 Å². The van der Waals surface area contributed by atoms with E-state index in [0.29, 0.717) is 22.2 Å². The van der Waals surface area contributed by atoms with Crippen molar-refractivity contribution in [2.75, 3.05) is 0 Å². The lowest BCUT2D eigenvalue weighted by atomic mass is 10.3. The summed E-state index contributed by atoms with van der Waals surface area (Å²) in [6.45, 7) is 0. The Labute approximate surface area is 108 Å². The molecule has 0 fully saturated rings. The zero-order valence-corrected chi connectivity index (χ0v) is 10.0. The van der Waals surface area contributed by atoms with E-state index in [-0.39, 0.29) is 5.84 Å². The number of nitrogens with two attached hydrogens (primary N) is 1. The third-order valence-electron chi connectivity index (χ3n) is 2.17. The van der Waals surface area contributed by atoms with Crippen LogP contribution in [-0.4, -0.2) is 16.0 Å². The van der Waals surface area contributed by atoms with Gasteiger partial charge < -0.3 is 15.7 Å². The van der Waals surface area contributed by atoms with Gasteiger partial charge in [-0.15, -0.1) is 0 Å². The molecule has 1 aromatic carbocycles. The van der Waals surface area contributed by atoms with E-state index in [2.05, 4.69) is 10.1 Å². The number of pyridine rings is 1. The molecule has 0 spiro atoms. The summed E-state index contributed by atoms with van der Waals surface area (Å²) in [5.74, 6) is 0.995. The summed E-state index contributed by atoms with van der Waals surface area (Å²) in [6, 6.07) is 10.4. The molecule has 0 saturated carbocycles. The Morgan fingerprint density at radius 3 is 2.67 bits per heavy atom. The van der Waals surface area contributed by atoms with Crippen molar-refractivity contribution >= 4 is 17.4 Å². The quantitative estimate of drug-likeness (QED) is 0.386. The van der Waals surface area contributed by atoms with E-state index in [1.807, 2.05) is 12.1 Å². The van der Waals surface area contributed by atoms with Crippen molar-refractivity contribution in [3.63, 3.8) is 0 Å². The Morgan fingerprint density at radius 1 is 1.28 bits per heavy atom. The minimum absolute atomic E-state index is 0.0562. The Bertz CT molecular complexity index is 570. The fourth-order valence-corrected chi connectivity index (χ4v) is 1.47. The first-order chi connectivity index (χ1) is 8.70. The lowest BCUT2D eigenvalue weighted by molar-refractivity contribution is 0.318. The van der Waals surface area contributed by atoms with Crippen molar-refractivity contribution < 1.29 is 9.94 Å². The number of benzene rings is 1. The summed E-state index contributed by atoms with van der Waals surface area (Å²) in [4.78, 5) is 3.99. The monoisotopic (exact) mass is 263 g/mol. The van der Waals surface area contributed by atoms with Crippen LogP contribution in [0.1, 0.15) is 5.69 Å². The molecule has 0 saturated heterocycles. The SMILES string of the molecule is N/C(=N/O)c1ccc(Oc2ccccc2Cl)cn1. The van der Waals surface area contributed by atoms with Crippen molar-refractivity contribution in [3.8, 4) is 11.5 Å². The lowest BCUT2D eigenvalue weighted by Crippen LogP contribution is -2.14. The molecule has 6 heteroatoms. The molecule has 0 aliphatic rings. The van der Waals surface area contributed by atoms with Gasteiger partial charge in [0.05, 0.1) is 11.2 Å². The van der Waals surface area contributed by atoms with Crippen LogP contribution in [0.15, 0.2) is 47.8 Å².